The smallest absolute Gasteiger partial charge is 0.0774 e. The van der Waals surface area contributed by atoms with Gasteiger partial charge in [0.25, 0.3) is 0 Å². The van der Waals surface area contributed by atoms with Gasteiger partial charge in [0.05, 0.1) is 5.60 Å². The van der Waals surface area contributed by atoms with Crippen LogP contribution in [-0.4, -0.2) is 47.5 Å². The van der Waals surface area contributed by atoms with Gasteiger partial charge in [0.1, 0.15) is 0 Å². The zero-order valence-corrected chi connectivity index (χ0v) is 11.7. The Bertz CT molecular complexity index is 212. The van der Waals surface area contributed by atoms with E-state index in [1.54, 1.807) is 0 Å². The van der Waals surface area contributed by atoms with Gasteiger partial charge in [-0.3, -0.25) is 0 Å². The van der Waals surface area contributed by atoms with Crippen LogP contribution < -0.4 is 0 Å². The molecular formula is C14H29NO2. The van der Waals surface area contributed by atoms with E-state index in [1.165, 1.54) is 0 Å². The maximum absolute atomic E-state index is 10.4. The predicted molar refractivity (Wildman–Crippen MR) is 71.0 cm³/mol. The first-order chi connectivity index (χ1) is 7.99. The van der Waals surface area contributed by atoms with Crippen LogP contribution in [-0.2, 0) is 0 Å². The van der Waals surface area contributed by atoms with Crippen LogP contribution in [0.1, 0.15) is 52.4 Å². The molecule has 0 aromatic carbocycles. The van der Waals surface area contributed by atoms with E-state index < -0.39 is 5.60 Å². The highest BCUT2D eigenvalue weighted by molar-refractivity contribution is 4.88. The van der Waals surface area contributed by atoms with Crippen molar-refractivity contribution >= 4 is 0 Å². The molecule has 0 unspecified atom stereocenters. The largest absolute Gasteiger partial charge is 0.396 e. The van der Waals surface area contributed by atoms with Crippen molar-refractivity contribution in [3.63, 3.8) is 0 Å². The summed E-state index contributed by atoms with van der Waals surface area (Å²) in [5.41, 5.74) is -0.471. The number of likely N-dealkylation sites (N-methyl/N-ethyl adjacent to an activating group) is 1. The fourth-order valence-electron chi connectivity index (χ4n) is 3.07. The van der Waals surface area contributed by atoms with E-state index in [0.717, 1.165) is 51.6 Å². The molecule has 102 valence electrons. The van der Waals surface area contributed by atoms with E-state index in [0.29, 0.717) is 0 Å². The number of hydrogen-bond donors (Lipinski definition) is 2. The second kappa shape index (κ2) is 6.17. The number of hydrogen-bond acceptors (Lipinski definition) is 3. The molecule has 1 saturated carbocycles. The van der Waals surface area contributed by atoms with Gasteiger partial charge in [-0.25, -0.2) is 0 Å². The van der Waals surface area contributed by atoms with Crippen molar-refractivity contribution in [3.05, 3.63) is 0 Å². The average Bonchev–Trinajstić information content (AvgIpc) is 2.72. The summed E-state index contributed by atoms with van der Waals surface area (Å²) in [7, 11) is 2.06. The van der Waals surface area contributed by atoms with Gasteiger partial charge in [0, 0.05) is 25.1 Å². The van der Waals surface area contributed by atoms with Gasteiger partial charge in [-0.15, -0.1) is 0 Å². The Morgan fingerprint density at radius 3 is 2.12 bits per heavy atom. The lowest BCUT2D eigenvalue weighted by molar-refractivity contribution is -0.00469. The molecule has 0 atom stereocenters. The van der Waals surface area contributed by atoms with Crippen molar-refractivity contribution in [2.45, 2.75) is 58.0 Å². The molecule has 3 heteroatoms. The Kier molecular flexibility index (Phi) is 5.42. The number of rotatable bonds is 7. The van der Waals surface area contributed by atoms with Gasteiger partial charge in [-0.2, -0.15) is 0 Å². The normalized spacial score (nSPS) is 20.1. The summed E-state index contributed by atoms with van der Waals surface area (Å²) < 4.78 is 0. The third kappa shape index (κ3) is 3.94. The molecule has 1 fully saturated rings. The van der Waals surface area contributed by atoms with Gasteiger partial charge >= 0.3 is 0 Å². The van der Waals surface area contributed by atoms with Gasteiger partial charge in [-0.1, -0.05) is 26.7 Å². The van der Waals surface area contributed by atoms with Crippen LogP contribution >= 0.6 is 0 Å². The lowest BCUT2D eigenvalue weighted by Crippen LogP contribution is -2.45. The highest BCUT2D eigenvalue weighted by Crippen LogP contribution is 2.32. The minimum atomic E-state index is -0.475. The summed E-state index contributed by atoms with van der Waals surface area (Å²) in [6.07, 6.45) is 6.14. The highest BCUT2D eigenvalue weighted by Gasteiger charge is 2.34. The molecule has 0 saturated heterocycles. The molecule has 0 heterocycles. The third-order valence-corrected chi connectivity index (χ3v) is 4.54. The van der Waals surface area contributed by atoms with E-state index in [-0.39, 0.29) is 12.0 Å². The lowest BCUT2D eigenvalue weighted by atomic mass is 9.82. The van der Waals surface area contributed by atoms with Crippen molar-refractivity contribution in [2.24, 2.45) is 5.41 Å². The average molecular weight is 243 g/mol. The summed E-state index contributed by atoms with van der Waals surface area (Å²) in [6, 6.07) is 0. The maximum atomic E-state index is 10.4. The van der Waals surface area contributed by atoms with Crippen molar-refractivity contribution in [3.8, 4) is 0 Å². The summed E-state index contributed by atoms with van der Waals surface area (Å²) in [6.45, 7) is 6.13. The molecule has 0 radical (unpaired) electrons. The molecule has 0 spiro atoms. The summed E-state index contributed by atoms with van der Waals surface area (Å²) >= 11 is 0. The van der Waals surface area contributed by atoms with Crippen LogP contribution in [0.5, 0.6) is 0 Å². The molecule has 1 aliphatic carbocycles. The Hall–Kier alpha value is -0.120. The molecule has 17 heavy (non-hydrogen) atoms. The number of aliphatic hydroxyl groups is 2. The Morgan fingerprint density at radius 1 is 1.18 bits per heavy atom. The summed E-state index contributed by atoms with van der Waals surface area (Å²) in [4.78, 5) is 2.20. The van der Waals surface area contributed by atoms with E-state index in [2.05, 4.69) is 25.8 Å². The van der Waals surface area contributed by atoms with Crippen molar-refractivity contribution in [1.29, 1.82) is 0 Å². The molecule has 0 amide bonds. The van der Waals surface area contributed by atoms with E-state index in [1.807, 2.05) is 0 Å². The lowest BCUT2D eigenvalue weighted by Gasteiger charge is -2.37. The van der Waals surface area contributed by atoms with Gasteiger partial charge in [0.2, 0.25) is 0 Å². The molecule has 1 rings (SSSR count). The number of aliphatic hydroxyl groups excluding tert-OH is 1. The Morgan fingerprint density at radius 2 is 1.71 bits per heavy atom. The molecule has 0 aliphatic heterocycles. The molecule has 1 aliphatic rings. The van der Waals surface area contributed by atoms with Crippen LogP contribution in [0.2, 0.25) is 0 Å². The topological polar surface area (TPSA) is 43.7 Å². The minimum absolute atomic E-state index is 0.00368. The fourth-order valence-corrected chi connectivity index (χ4v) is 3.07. The van der Waals surface area contributed by atoms with E-state index in [4.69, 9.17) is 0 Å². The van der Waals surface area contributed by atoms with Crippen molar-refractivity contribution < 1.29 is 10.2 Å². The van der Waals surface area contributed by atoms with Crippen LogP contribution in [0.25, 0.3) is 0 Å². The van der Waals surface area contributed by atoms with Crippen LogP contribution in [0.3, 0.4) is 0 Å². The van der Waals surface area contributed by atoms with Crippen LogP contribution in [0.15, 0.2) is 0 Å². The highest BCUT2D eigenvalue weighted by atomic mass is 16.3. The van der Waals surface area contributed by atoms with Crippen LogP contribution in [0.4, 0.5) is 0 Å². The monoisotopic (exact) mass is 243 g/mol. The molecule has 2 N–H and O–H groups in total. The molecule has 0 aromatic rings. The molecule has 3 nitrogen and oxygen atoms in total. The second-order valence-electron chi connectivity index (χ2n) is 5.97. The third-order valence-electron chi connectivity index (χ3n) is 4.54. The van der Waals surface area contributed by atoms with E-state index in [9.17, 15) is 10.2 Å². The van der Waals surface area contributed by atoms with Crippen LogP contribution in [0, 0.1) is 5.41 Å². The van der Waals surface area contributed by atoms with Gasteiger partial charge in [0.15, 0.2) is 0 Å². The fraction of sp³-hybridized carbons (Fsp3) is 1.00. The van der Waals surface area contributed by atoms with Gasteiger partial charge < -0.3 is 15.1 Å². The first-order valence-corrected chi connectivity index (χ1v) is 7.01. The first-order valence-electron chi connectivity index (χ1n) is 7.01. The van der Waals surface area contributed by atoms with Crippen molar-refractivity contribution in [2.75, 3.05) is 26.7 Å². The summed E-state index contributed by atoms with van der Waals surface area (Å²) in [5, 5.41) is 19.9. The maximum Gasteiger partial charge on any atom is 0.0774 e. The quantitative estimate of drug-likeness (QED) is 0.719. The zero-order valence-electron chi connectivity index (χ0n) is 11.7. The Labute approximate surface area is 106 Å². The SMILES string of the molecule is CCC(CC)(CO)CN(C)CC1(O)CCCC1. The number of nitrogens with zero attached hydrogens (tertiary/aromatic N) is 1. The second-order valence-corrected chi connectivity index (χ2v) is 5.97. The van der Waals surface area contributed by atoms with Gasteiger partial charge in [-0.05, 0) is 32.7 Å². The minimum Gasteiger partial charge on any atom is -0.396 e. The van der Waals surface area contributed by atoms with Crippen molar-refractivity contribution in [1.82, 2.24) is 4.90 Å². The molecular weight excluding hydrogens is 214 g/mol. The predicted octanol–water partition coefficient (Wildman–Crippen LogP) is 2.02. The zero-order chi connectivity index (χ0) is 12.9. The first kappa shape index (κ1) is 14.9. The Balaban J connectivity index is 2.49. The molecule has 0 bridgehead atoms. The summed E-state index contributed by atoms with van der Waals surface area (Å²) in [5.74, 6) is 0. The standard InChI is InChI=1S/C14H29NO2/c1-4-13(5-2,12-16)10-15(3)11-14(17)8-6-7-9-14/h16-17H,4-12H2,1-3H3. The molecule has 0 aromatic heterocycles. The van der Waals surface area contributed by atoms with E-state index >= 15 is 0 Å².